The van der Waals surface area contributed by atoms with E-state index >= 15 is 0 Å². The van der Waals surface area contributed by atoms with E-state index in [9.17, 15) is 19.8 Å². The molecule has 7 heteroatoms. The van der Waals surface area contributed by atoms with Crippen molar-refractivity contribution < 1.29 is 29.6 Å². The number of aliphatic hydroxyl groups is 1. The standard InChI is InChI=1S/C18H34O2.C17H19NO4/c1-2-3-4-5-6-7-8-9-10-11-12-13-14-15-16-17-18(19)20;1-18-7-6-16-13-9-2-3-10(19)14(13)22-15(16)11(20)4-5-17(16,21)12(18)8-9/h9-10H,2-8,11-17H2,1H3,(H,19,20);2-3,12,15,19,21H,4-8H2,1H3/t;12-,15+,16+,17-/m.1/s1. The monoisotopic (exact) mass is 583 g/mol. The number of ether oxygens (including phenoxy) is 1. The molecule has 7 nitrogen and oxygen atoms in total. The Morgan fingerprint density at radius 3 is 2.31 bits per heavy atom. The normalized spacial score (nSPS) is 27.4. The third-order valence-electron chi connectivity index (χ3n) is 10.2. The van der Waals surface area contributed by atoms with Crippen molar-refractivity contribution in [1.82, 2.24) is 4.90 Å². The van der Waals surface area contributed by atoms with Crippen molar-refractivity contribution in [3.8, 4) is 11.5 Å². The van der Waals surface area contributed by atoms with Crippen LogP contribution in [0, 0.1) is 0 Å². The molecule has 2 fully saturated rings. The van der Waals surface area contributed by atoms with Crippen LogP contribution in [-0.2, 0) is 21.4 Å². The molecule has 4 atom stereocenters. The molecule has 5 rings (SSSR count). The van der Waals surface area contributed by atoms with Crippen molar-refractivity contribution in [3.63, 3.8) is 0 Å². The van der Waals surface area contributed by atoms with Crippen LogP contribution in [0.15, 0.2) is 24.3 Å². The second kappa shape index (κ2) is 14.9. The number of likely N-dealkylation sites (N-methyl/N-ethyl adjacent to an activating group) is 1. The Kier molecular flexibility index (Phi) is 11.5. The second-order valence-corrected chi connectivity index (χ2v) is 13.0. The minimum absolute atomic E-state index is 0.00319. The summed E-state index contributed by atoms with van der Waals surface area (Å²) in [4.78, 5) is 25.1. The average molecular weight is 584 g/mol. The van der Waals surface area contributed by atoms with Gasteiger partial charge in [-0.25, -0.2) is 0 Å². The zero-order valence-electron chi connectivity index (χ0n) is 25.9. The lowest BCUT2D eigenvalue weighted by molar-refractivity contribution is -0.185. The molecule has 1 saturated heterocycles. The number of aliphatic carboxylic acids is 1. The maximum atomic E-state index is 12.5. The van der Waals surface area contributed by atoms with Crippen LogP contribution < -0.4 is 4.74 Å². The van der Waals surface area contributed by atoms with Crippen LogP contribution in [0.5, 0.6) is 11.5 Å². The van der Waals surface area contributed by atoms with Gasteiger partial charge < -0.3 is 25.0 Å². The van der Waals surface area contributed by atoms with Crippen LogP contribution in [0.4, 0.5) is 0 Å². The highest BCUT2D eigenvalue weighted by atomic mass is 16.5. The van der Waals surface area contributed by atoms with Gasteiger partial charge in [-0.15, -0.1) is 0 Å². The van der Waals surface area contributed by atoms with Crippen molar-refractivity contribution in [2.24, 2.45) is 0 Å². The maximum Gasteiger partial charge on any atom is 0.303 e. The third kappa shape index (κ3) is 6.72. The fraction of sp³-hybridized carbons (Fsp3) is 0.714. The van der Waals surface area contributed by atoms with Crippen molar-refractivity contribution in [1.29, 1.82) is 0 Å². The zero-order valence-corrected chi connectivity index (χ0v) is 25.9. The molecule has 2 aliphatic heterocycles. The molecule has 0 amide bonds. The predicted octanol–water partition coefficient (Wildman–Crippen LogP) is 6.85. The lowest BCUT2D eigenvalue weighted by Gasteiger charge is -2.61. The van der Waals surface area contributed by atoms with Crippen molar-refractivity contribution in [2.45, 2.75) is 146 Å². The molecule has 1 saturated carbocycles. The van der Waals surface area contributed by atoms with Crippen molar-refractivity contribution in [2.75, 3.05) is 13.6 Å². The van der Waals surface area contributed by atoms with Crippen LogP contribution in [-0.4, -0.2) is 63.3 Å². The van der Waals surface area contributed by atoms with Gasteiger partial charge in [0.1, 0.15) is 0 Å². The van der Waals surface area contributed by atoms with Crippen LogP contribution in [0.25, 0.3) is 0 Å². The molecule has 0 radical (unpaired) electrons. The topological polar surface area (TPSA) is 107 Å². The number of unbranched alkanes of at least 4 members (excludes halogenated alkanes) is 11. The molecule has 0 aromatic heterocycles. The number of piperidine rings is 1. The minimum Gasteiger partial charge on any atom is -0.504 e. The van der Waals surface area contributed by atoms with Gasteiger partial charge in [-0.05, 0) is 76.6 Å². The molecule has 2 aliphatic carbocycles. The number of allylic oxidation sites excluding steroid dienone is 2. The van der Waals surface area contributed by atoms with E-state index < -0.39 is 23.1 Å². The number of carbonyl (C=O) groups excluding carboxylic acids is 1. The van der Waals surface area contributed by atoms with E-state index in [1.807, 2.05) is 13.1 Å². The molecule has 234 valence electrons. The third-order valence-corrected chi connectivity index (χ3v) is 10.2. The Morgan fingerprint density at radius 2 is 1.64 bits per heavy atom. The number of rotatable bonds is 15. The van der Waals surface area contributed by atoms with Gasteiger partial charge >= 0.3 is 5.97 Å². The molecular formula is C35H53NO6. The number of hydrogen-bond donors (Lipinski definition) is 3. The first-order chi connectivity index (χ1) is 20.3. The highest BCUT2D eigenvalue weighted by Gasteiger charge is 2.72. The number of benzene rings is 1. The number of carbonyl (C=O) groups is 2. The van der Waals surface area contributed by atoms with E-state index in [1.54, 1.807) is 6.07 Å². The SMILES string of the molecule is CCCCCCCCC=CCCCCCCCC(=O)O.CN1CC[C@]23c4c5ccc(O)c4O[C@H]2C(=O)CC[C@@]3(O)[C@H]1C5. The molecule has 0 unspecified atom stereocenters. The minimum atomic E-state index is -0.954. The highest BCUT2D eigenvalue weighted by Crippen LogP contribution is 2.64. The quantitative estimate of drug-likeness (QED) is 0.153. The number of carboxylic acids is 1. The Morgan fingerprint density at radius 1 is 1.00 bits per heavy atom. The summed E-state index contributed by atoms with van der Waals surface area (Å²) < 4.78 is 5.94. The first kappa shape index (κ1) is 32.5. The van der Waals surface area contributed by atoms with Gasteiger partial charge in [-0.2, -0.15) is 0 Å². The molecule has 2 heterocycles. The summed E-state index contributed by atoms with van der Waals surface area (Å²) in [5.74, 6) is -0.103. The van der Waals surface area contributed by atoms with Gasteiger partial charge in [0.2, 0.25) is 0 Å². The maximum absolute atomic E-state index is 12.5. The number of Topliss-reactive ketones (excluding diaryl/α,β-unsaturated/α-hetero) is 1. The lowest BCUT2D eigenvalue weighted by Crippen LogP contribution is -2.76. The van der Waals surface area contributed by atoms with Gasteiger partial charge in [0, 0.05) is 24.4 Å². The van der Waals surface area contributed by atoms with Gasteiger partial charge in [-0.3, -0.25) is 9.59 Å². The number of aromatic hydroxyl groups is 1. The molecule has 1 spiro atoms. The number of ketones is 1. The van der Waals surface area contributed by atoms with E-state index in [4.69, 9.17) is 9.84 Å². The van der Waals surface area contributed by atoms with Crippen molar-refractivity contribution >= 4 is 11.8 Å². The summed E-state index contributed by atoms with van der Waals surface area (Å²) in [6.07, 6.45) is 22.8. The molecule has 4 aliphatic rings. The molecule has 1 aromatic carbocycles. The van der Waals surface area contributed by atoms with Crippen LogP contribution in [0.2, 0.25) is 0 Å². The molecule has 42 heavy (non-hydrogen) atoms. The smallest absolute Gasteiger partial charge is 0.303 e. The molecule has 1 aromatic rings. The van der Waals surface area contributed by atoms with E-state index in [2.05, 4.69) is 24.0 Å². The van der Waals surface area contributed by atoms with Crippen LogP contribution in [0.1, 0.15) is 127 Å². The Hall–Kier alpha value is -2.38. The number of phenols is 1. The summed E-state index contributed by atoms with van der Waals surface area (Å²) in [6.45, 7) is 3.09. The fourth-order valence-electron chi connectivity index (χ4n) is 7.88. The average Bonchev–Trinajstić information content (AvgIpc) is 3.33. The number of nitrogens with zero attached hydrogens (tertiary/aromatic N) is 1. The van der Waals surface area contributed by atoms with Crippen LogP contribution in [0.3, 0.4) is 0 Å². The first-order valence-electron chi connectivity index (χ1n) is 16.6. The first-order valence-corrected chi connectivity index (χ1v) is 16.6. The number of phenolic OH excluding ortho intramolecular Hbond substituents is 1. The van der Waals surface area contributed by atoms with Gasteiger partial charge in [-0.1, -0.05) is 76.5 Å². The van der Waals surface area contributed by atoms with Gasteiger partial charge in [0.05, 0.1) is 11.0 Å². The summed E-state index contributed by atoms with van der Waals surface area (Å²) in [5.41, 5.74) is 0.370. The molecule has 2 bridgehead atoms. The summed E-state index contributed by atoms with van der Waals surface area (Å²) in [5, 5.41) is 30.3. The number of hydrogen-bond acceptors (Lipinski definition) is 6. The number of carboxylic acid groups (broad SMARTS) is 1. The molecular weight excluding hydrogens is 530 g/mol. The zero-order chi connectivity index (χ0) is 30.2. The molecule has 3 N–H and O–H groups in total. The van der Waals surface area contributed by atoms with Gasteiger partial charge in [0.25, 0.3) is 0 Å². The number of likely N-dealkylation sites (tertiary alicyclic amines) is 1. The van der Waals surface area contributed by atoms with Crippen molar-refractivity contribution in [3.05, 3.63) is 35.4 Å². The highest BCUT2D eigenvalue weighted by molar-refractivity contribution is 5.90. The summed E-state index contributed by atoms with van der Waals surface area (Å²) >= 11 is 0. The Labute approximate surface area is 252 Å². The van der Waals surface area contributed by atoms with E-state index in [0.717, 1.165) is 36.9 Å². The summed E-state index contributed by atoms with van der Waals surface area (Å²) in [6, 6.07) is 3.57. The van der Waals surface area contributed by atoms with E-state index in [1.165, 1.54) is 70.6 Å². The predicted molar refractivity (Wildman–Crippen MR) is 165 cm³/mol. The summed E-state index contributed by atoms with van der Waals surface area (Å²) in [7, 11) is 2.04. The van der Waals surface area contributed by atoms with Gasteiger partial charge in [0.15, 0.2) is 23.4 Å². The van der Waals surface area contributed by atoms with E-state index in [0.29, 0.717) is 31.4 Å². The second-order valence-electron chi connectivity index (χ2n) is 13.0. The lowest BCUT2D eigenvalue weighted by atomic mass is 9.49. The van der Waals surface area contributed by atoms with E-state index in [-0.39, 0.29) is 17.6 Å². The Bertz CT molecular complexity index is 1100. The largest absolute Gasteiger partial charge is 0.504 e. The van der Waals surface area contributed by atoms with Crippen LogP contribution >= 0.6 is 0 Å². The Balaban J connectivity index is 0.000000195. The fourth-order valence-corrected chi connectivity index (χ4v) is 7.88.